The Morgan fingerprint density at radius 3 is 2.39 bits per heavy atom. The summed E-state index contributed by atoms with van der Waals surface area (Å²) in [5.41, 5.74) is 0. The van der Waals surface area contributed by atoms with Crippen LogP contribution in [-0.2, 0) is 0 Å². The molecule has 3 heterocycles. The van der Waals surface area contributed by atoms with Crippen molar-refractivity contribution in [1.82, 2.24) is 25.3 Å². The van der Waals surface area contributed by atoms with Crippen LogP contribution >= 0.6 is 0 Å². The lowest BCUT2D eigenvalue weighted by Gasteiger charge is -2.43. The van der Waals surface area contributed by atoms with Crippen LogP contribution in [0.25, 0.3) is 0 Å². The minimum absolute atomic E-state index is 0.106. The molecule has 6 nitrogen and oxygen atoms in total. The SMILES string of the molecule is O=C1NCCN1CCN1CCN(C2CNC2)CC1. The van der Waals surface area contributed by atoms with E-state index < -0.39 is 0 Å². The predicted molar refractivity (Wildman–Crippen MR) is 69.6 cm³/mol. The van der Waals surface area contributed by atoms with Gasteiger partial charge in [-0.3, -0.25) is 9.80 Å². The monoisotopic (exact) mass is 253 g/mol. The third-order valence-corrected chi connectivity index (χ3v) is 4.31. The molecule has 0 aromatic rings. The minimum atomic E-state index is 0.106. The second kappa shape index (κ2) is 5.42. The summed E-state index contributed by atoms with van der Waals surface area (Å²) in [6.45, 7) is 10.5. The highest BCUT2D eigenvalue weighted by Gasteiger charge is 2.28. The third-order valence-electron chi connectivity index (χ3n) is 4.31. The lowest BCUT2D eigenvalue weighted by atomic mass is 10.1. The fourth-order valence-corrected chi connectivity index (χ4v) is 2.87. The summed E-state index contributed by atoms with van der Waals surface area (Å²) in [4.78, 5) is 18.4. The Bertz CT molecular complexity index is 299. The molecule has 0 atom stereocenters. The summed E-state index contributed by atoms with van der Waals surface area (Å²) in [5, 5.41) is 6.18. The van der Waals surface area contributed by atoms with E-state index in [9.17, 15) is 4.79 Å². The molecule has 3 fully saturated rings. The molecular formula is C12H23N5O. The van der Waals surface area contributed by atoms with Crippen LogP contribution in [0.1, 0.15) is 0 Å². The van der Waals surface area contributed by atoms with E-state index in [0.717, 1.165) is 58.4 Å². The highest BCUT2D eigenvalue weighted by atomic mass is 16.2. The Hall–Kier alpha value is -0.850. The van der Waals surface area contributed by atoms with Gasteiger partial charge < -0.3 is 15.5 Å². The Morgan fingerprint density at radius 1 is 1.06 bits per heavy atom. The van der Waals surface area contributed by atoms with Crippen LogP contribution in [0.4, 0.5) is 4.79 Å². The summed E-state index contributed by atoms with van der Waals surface area (Å²) in [5.74, 6) is 0. The average molecular weight is 253 g/mol. The fraction of sp³-hybridized carbons (Fsp3) is 0.917. The third kappa shape index (κ3) is 2.60. The first-order chi connectivity index (χ1) is 8.83. The topological polar surface area (TPSA) is 50.9 Å². The molecule has 0 spiro atoms. The molecule has 2 amide bonds. The van der Waals surface area contributed by atoms with E-state index in [1.54, 1.807) is 0 Å². The minimum Gasteiger partial charge on any atom is -0.336 e. The molecule has 0 aromatic carbocycles. The molecule has 0 aromatic heterocycles. The summed E-state index contributed by atoms with van der Waals surface area (Å²) >= 11 is 0. The van der Waals surface area contributed by atoms with E-state index in [4.69, 9.17) is 0 Å². The Kier molecular flexibility index (Phi) is 3.67. The van der Waals surface area contributed by atoms with Gasteiger partial charge in [-0.15, -0.1) is 0 Å². The number of urea groups is 1. The number of rotatable bonds is 4. The van der Waals surface area contributed by atoms with Gasteiger partial charge in [0.1, 0.15) is 0 Å². The van der Waals surface area contributed by atoms with Crippen LogP contribution in [0.5, 0.6) is 0 Å². The summed E-state index contributed by atoms with van der Waals surface area (Å²) in [6, 6.07) is 0.880. The van der Waals surface area contributed by atoms with Crippen molar-refractivity contribution in [3.63, 3.8) is 0 Å². The molecule has 0 aliphatic carbocycles. The predicted octanol–water partition coefficient (Wildman–Crippen LogP) is -1.40. The maximum Gasteiger partial charge on any atom is 0.317 e. The molecule has 0 unspecified atom stereocenters. The van der Waals surface area contributed by atoms with Gasteiger partial charge >= 0.3 is 6.03 Å². The highest BCUT2D eigenvalue weighted by Crippen LogP contribution is 2.09. The van der Waals surface area contributed by atoms with E-state index >= 15 is 0 Å². The van der Waals surface area contributed by atoms with Crippen molar-refractivity contribution in [2.24, 2.45) is 0 Å². The molecule has 3 aliphatic heterocycles. The molecule has 2 N–H and O–H groups in total. The van der Waals surface area contributed by atoms with E-state index in [1.165, 1.54) is 13.1 Å². The average Bonchev–Trinajstić information content (AvgIpc) is 2.72. The first-order valence-corrected chi connectivity index (χ1v) is 7.03. The molecule has 6 heteroatoms. The maximum absolute atomic E-state index is 11.4. The van der Waals surface area contributed by atoms with Gasteiger partial charge in [-0.1, -0.05) is 0 Å². The van der Waals surface area contributed by atoms with Gasteiger partial charge in [0.2, 0.25) is 0 Å². The molecule has 0 bridgehead atoms. The number of amides is 2. The second-order valence-corrected chi connectivity index (χ2v) is 5.41. The number of nitrogens with zero attached hydrogens (tertiary/aromatic N) is 3. The first kappa shape index (κ1) is 12.2. The summed E-state index contributed by atoms with van der Waals surface area (Å²) < 4.78 is 0. The molecule has 18 heavy (non-hydrogen) atoms. The van der Waals surface area contributed by atoms with Crippen molar-refractivity contribution in [3.8, 4) is 0 Å². The number of hydrogen-bond acceptors (Lipinski definition) is 4. The number of piperazine rings is 1. The fourth-order valence-electron chi connectivity index (χ4n) is 2.87. The van der Waals surface area contributed by atoms with Gasteiger partial charge in [-0.2, -0.15) is 0 Å². The zero-order chi connectivity index (χ0) is 12.4. The van der Waals surface area contributed by atoms with E-state index in [2.05, 4.69) is 20.4 Å². The normalized spacial score (nSPS) is 27.3. The van der Waals surface area contributed by atoms with Crippen LogP contribution < -0.4 is 10.6 Å². The highest BCUT2D eigenvalue weighted by molar-refractivity contribution is 5.76. The van der Waals surface area contributed by atoms with Crippen molar-refractivity contribution in [2.75, 3.05) is 65.4 Å². The molecular weight excluding hydrogens is 230 g/mol. The van der Waals surface area contributed by atoms with Crippen LogP contribution in [0, 0.1) is 0 Å². The van der Waals surface area contributed by atoms with Gasteiger partial charge in [0.15, 0.2) is 0 Å². The first-order valence-electron chi connectivity index (χ1n) is 7.03. The largest absolute Gasteiger partial charge is 0.336 e. The number of hydrogen-bond donors (Lipinski definition) is 2. The molecule has 3 rings (SSSR count). The molecule has 3 saturated heterocycles. The molecule has 0 radical (unpaired) electrons. The Labute approximate surface area is 108 Å². The van der Waals surface area contributed by atoms with Crippen molar-refractivity contribution >= 4 is 6.03 Å². The van der Waals surface area contributed by atoms with Crippen LogP contribution in [0.15, 0.2) is 0 Å². The van der Waals surface area contributed by atoms with Crippen molar-refractivity contribution < 1.29 is 4.79 Å². The summed E-state index contributed by atoms with van der Waals surface area (Å²) in [6.07, 6.45) is 0. The smallest absolute Gasteiger partial charge is 0.317 e. The Balaban J connectivity index is 1.36. The van der Waals surface area contributed by atoms with Crippen molar-refractivity contribution in [2.45, 2.75) is 6.04 Å². The van der Waals surface area contributed by atoms with Gasteiger partial charge in [0.25, 0.3) is 0 Å². The van der Waals surface area contributed by atoms with Crippen molar-refractivity contribution in [1.29, 1.82) is 0 Å². The van der Waals surface area contributed by atoms with Gasteiger partial charge in [0, 0.05) is 71.5 Å². The number of carbonyl (C=O) groups excluding carboxylic acids is 1. The standard InChI is InChI=1S/C12H23N5O/c18-12-14-1-2-17(12)8-5-15-3-6-16(7-4-15)11-9-13-10-11/h11,13H,1-10H2,(H,14,18). The van der Waals surface area contributed by atoms with Crippen LogP contribution in [-0.4, -0.2) is 92.2 Å². The Morgan fingerprint density at radius 2 is 1.83 bits per heavy atom. The lowest BCUT2D eigenvalue weighted by molar-refractivity contribution is 0.0700. The van der Waals surface area contributed by atoms with Crippen LogP contribution in [0.3, 0.4) is 0 Å². The van der Waals surface area contributed by atoms with Gasteiger partial charge in [-0.25, -0.2) is 4.79 Å². The lowest BCUT2D eigenvalue weighted by Crippen LogP contribution is -2.61. The molecule has 3 aliphatic rings. The second-order valence-electron chi connectivity index (χ2n) is 5.41. The van der Waals surface area contributed by atoms with Gasteiger partial charge in [-0.05, 0) is 0 Å². The summed E-state index contributed by atoms with van der Waals surface area (Å²) in [7, 11) is 0. The number of nitrogens with one attached hydrogen (secondary N) is 2. The quantitative estimate of drug-likeness (QED) is 0.647. The maximum atomic E-state index is 11.4. The van der Waals surface area contributed by atoms with Gasteiger partial charge in [0.05, 0.1) is 0 Å². The zero-order valence-corrected chi connectivity index (χ0v) is 10.9. The molecule has 0 saturated carbocycles. The zero-order valence-electron chi connectivity index (χ0n) is 10.9. The van der Waals surface area contributed by atoms with Crippen LogP contribution in [0.2, 0.25) is 0 Å². The molecule has 102 valence electrons. The van der Waals surface area contributed by atoms with E-state index in [0.29, 0.717) is 0 Å². The number of carbonyl (C=O) groups is 1. The van der Waals surface area contributed by atoms with E-state index in [1.807, 2.05) is 4.90 Å². The van der Waals surface area contributed by atoms with Crippen molar-refractivity contribution in [3.05, 3.63) is 0 Å². The van der Waals surface area contributed by atoms with E-state index in [-0.39, 0.29) is 6.03 Å².